The number of likely N-dealkylation sites (tertiary alicyclic amines) is 1. The van der Waals surface area contributed by atoms with Crippen molar-refractivity contribution in [2.24, 2.45) is 0 Å². The minimum absolute atomic E-state index is 0.0808. The van der Waals surface area contributed by atoms with Crippen LogP contribution in [-0.4, -0.2) is 59.6 Å². The van der Waals surface area contributed by atoms with Gasteiger partial charge in [0.2, 0.25) is 12.7 Å². The normalized spacial score (nSPS) is 20.2. The molecule has 1 unspecified atom stereocenters. The minimum atomic E-state index is -0.685. The predicted octanol–water partition coefficient (Wildman–Crippen LogP) is 2.40. The summed E-state index contributed by atoms with van der Waals surface area (Å²) in [6.07, 6.45) is 2.28. The van der Waals surface area contributed by atoms with E-state index in [9.17, 15) is 14.4 Å². The van der Waals surface area contributed by atoms with Gasteiger partial charge in [0, 0.05) is 32.1 Å². The topological polar surface area (TPSA) is 100 Å². The van der Waals surface area contributed by atoms with Crippen LogP contribution in [0, 0.1) is 0 Å². The van der Waals surface area contributed by atoms with Crippen LogP contribution in [-0.2, 0) is 22.7 Å². The number of fused-ring (bicyclic) bond motifs is 1. The molecule has 5 rings (SSSR count). The fourth-order valence-electron chi connectivity index (χ4n) is 4.80. The van der Waals surface area contributed by atoms with E-state index < -0.39 is 12.1 Å². The van der Waals surface area contributed by atoms with E-state index in [1.54, 1.807) is 18.2 Å². The van der Waals surface area contributed by atoms with Crippen LogP contribution in [0.5, 0.6) is 11.5 Å². The molecule has 9 heteroatoms. The van der Waals surface area contributed by atoms with Gasteiger partial charge in [-0.2, -0.15) is 0 Å². The number of urea groups is 1. The van der Waals surface area contributed by atoms with Gasteiger partial charge in [-0.25, -0.2) is 4.79 Å². The Kier molecular flexibility index (Phi) is 6.85. The van der Waals surface area contributed by atoms with E-state index in [0.717, 1.165) is 38.0 Å². The zero-order chi connectivity index (χ0) is 24.2. The highest BCUT2D eigenvalue weighted by atomic mass is 16.7. The SMILES string of the molecule is O=C(CCC1NC(=O)N(Cc2ccc3c(c2)OCO3)C1=O)NC1CCN(Cc2ccccc2)CC1. The molecule has 3 heterocycles. The van der Waals surface area contributed by atoms with Crippen LogP contribution < -0.4 is 20.1 Å². The van der Waals surface area contributed by atoms with Gasteiger partial charge in [0.1, 0.15) is 6.04 Å². The highest BCUT2D eigenvalue weighted by molar-refractivity contribution is 6.04. The summed E-state index contributed by atoms with van der Waals surface area (Å²) in [5.41, 5.74) is 2.07. The molecule has 2 fully saturated rings. The number of amides is 4. The van der Waals surface area contributed by atoms with Crippen molar-refractivity contribution >= 4 is 17.8 Å². The molecule has 0 aliphatic carbocycles. The molecule has 0 spiro atoms. The van der Waals surface area contributed by atoms with E-state index in [4.69, 9.17) is 9.47 Å². The second kappa shape index (κ2) is 10.4. The maximum absolute atomic E-state index is 12.8. The van der Waals surface area contributed by atoms with Crippen molar-refractivity contribution in [3.05, 3.63) is 59.7 Å². The van der Waals surface area contributed by atoms with E-state index in [0.29, 0.717) is 11.5 Å². The molecule has 2 aromatic rings. The van der Waals surface area contributed by atoms with E-state index in [2.05, 4.69) is 39.8 Å². The van der Waals surface area contributed by atoms with Crippen LogP contribution in [0.3, 0.4) is 0 Å². The fourth-order valence-corrected chi connectivity index (χ4v) is 4.80. The Balaban J connectivity index is 1.05. The summed E-state index contributed by atoms with van der Waals surface area (Å²) in [5.74, 6) is 0.864. The van der Waals surface area contributed by atoms with E-state index in [1.165, 1.54) is 10.5 Å². The molecule has 2 N–H and O–H groups in total. The molecule has 2 saturated heterocycles. The first-order valence-electron chi connectivity index (χ1n) is 12.1. The lowest BCUT2D eigenvalue weighted by Crippen LogP contribution is -2.44. The van der Waals surface area contributed by atoms with Crippen LogP contribution in [0.2, 0.25) is 0 Å². The summed E-state index contributed by atoms with van der Waals surface area (Å²) < 4.78 is 10.7. The van der Waals surface area contributed by atoms with Crippen molar-refractivity contribution in [1.29, 1.82) is 0 Å². The van der Waals surface area contributed by atoms with Crippen molar-refractivity contribution < 1.29 is 23.9 Å². The van der Waals surface area contributed by atoms with Gasteiger partial charge >= 0.3 is 6.03 Å². The summed E-state index contributed by atoms with van der Waals surface area (Å²) >= 11 is 0. The lowest BCUT2D eigenvalue weighted by Gasteiger charge is -2.32. The van der Waals surface area contributed by atoms with Crippen molar-refractivity contribution in [3.8, 4) is 11.5 Å². The first kappa shape index (κ1) is 23.2. The number of hydrogen-bond donors (Lipinski definition) is 2. The standard InChI is InChI=1S/C26H30N4O5/c31-24(27-20-10-12-29(13-11-20)15-18-4-2-1-3-5-18)9-7-21-25(32)30(26(33)28-21)16-19-6-8-22-23(14-19)35-17-34-22/h1-6,8,14,20-21H,7,9-13,15-17H2,(H,27,31)(H,28,33). The number of imide groups is 1. The summed E-state index contributed by atoms with van der Waals surface area (Å²) in [4.78, 5) is 41.3. The molecule has 184 valence electrons. The smallest absolute Gasteiger partial charge is 0.325 e. The maximum atomic E-state index is 12.8. The first-order valence-corrected chi connectivity index (χ1v) is 12.1. The van der Waals surface area contributed by atoms with Crippen LogP contribution in [0.1, 0.15) is 36.8 Å². The Morgan fingerprint density at radius 1 is 0.971 bits per heavy atom. The van der Waals surface area contributed by atoms with Crippen molar-refractivity contribution in [1.82, 2.24) is 20.4 Å². The molecule has 2 aromatic carbocycles. The third kappa shape index (κ3) is 5.57. The molecule has 0 saturated carbocycles. The van der Waals surface area contributed by atoms with Gasteiger partial charge in [-0.1, -0.05) is 36.4 Å². The molecular weight excluding hydrogens is 448 g/mol. The number of piperidine rings is 1. The fraction of sp³-hybridized carbons (Fsp3) is 0.423. The van der Waals surface area contributed by atoms with Gasteiger partial charge in [-0.3, -0.25) is 19.4 Å². The summed E-state index contributed by atoms with van der Waals surface area (Å²) in [7, 11) is 0. The quantitative estimate of drug-likeness (QED) is 0.566. The molecule has 3 aliphatic rings. The van der Waals surface area contributed by atoms with Gasteiger partial charge in [-0.05, 0) is 42.5 Å². The lowest BCUT2D eigenvalue weighted by molar-refractivity contribution is -0.128. The molecule has 4 amide bonds. The Morgan fingerprint density at radius 3 is 2.54 bits per heavy atom. The number of carbonyl (C=O) groups excluding carboxylic acids is 3. The molecule has 0 radical (unpaired) electrons. The van der Waals surface area contributed by atoms with Crippen molar-refractivity contribution in [3.63, 3.8) is 0 Å². The Bertz CT molecular complexity index is 1080. The van der Waals surface area contributed by atoms with Gasteiger partial charge in [-0.15, -0.1) is 0 Å². The van der Waals surface area contributed by atoms with Crippen LogP contribution in [0.25, 0.3) is 0 Å². The molecular formula is C26H30N4O5. The monoisotopic (exact) mass is 478 g/mol. The van der Waals surface area contributed by atoms with Gasteiger partial charge in [0.15, 0.2) is 11.5 Å². The van der Waals surface area contributed by atoms with Gasteiger partial charge in [0.05, 0.1) is 6.54 Å². The number of nitrogens with one attached hydrogen (secondary N) is 2. The number of hydrogen-bond acceptors (Lipinski definition) is 6. The Hall–Kier alpha value is -3.59. The highest BCUT2D eigenvalue weighted by Gasteiger charge is 2.38. The average Bonchev–Trinajstić information content (AvgIpc) is 3.44. The molecule has 0 aromatic heterocycles. The second-order valence-corrected chi connectivity index (χ2v) is 9.26. The van der Waals surface area contributed by atoms with E-state index in [1.807, 2.05) is 6.07 Å². The molecule has 9 nitrogen and oxygen atoms in total. The third-order valence-corrected chi connectivity index (χ3v) is 6.75. The number of nitrogens with zero attached hydrogens (tertiary/aromatic N) is 2. The zero-order valence-electron chi connectivity index (χ0n) is 19.6. The average molecular weight is 479 g/mol. The maximum Gasteiger partial charge on any atom is 0.325 e. The lowest BCUT2D eigenvalue weighted by atomic mass is 10.0. The number of carbonyl (C=O) groups is 3. The summed E-state index contributed by atoms with van der Waals surface area (Å²) in [5, 5.41) is 5.81. The van der Waals surface area contributed by atoms with Gasteiger partial charge in [0.25, 0.3) is 5.91 Å². The van der Waals surface area contributed by atoms with Crippen LogP contribution in [0.15, 0.2) is 48.5 Å². The van der Waals surface area contributed by atoms with Crippen LogP contribution >= 0.6 is 0 Å². The second-order valence-electron chi connectivity index (χ2n) is 9.26. The predicted molar refractivity (Wildman–Crippen MR) is 128 cm³/mol. The largest absolute Gasteiger partial charge is 0.454 e. The molecule has 3 aliphatic heterocycles. The minimum Gasteiger partial charge on any atom is -0.454 e. The van der Waals surface area contributed by atoms with Crippen molar-refractivity contribution in [2.45, 2.75) is 50.9 Å². The molecule has 0 bridgehead atoms. The van der Waals surface area contributed by atoms with Gasteiger partial charge < -0.3 is 20.1 Å². The Morgan fingerprint density at radius 2 is 1.74 bits per heavy atom. The van der Waals surface area contributed by atoms with E-state index >= 15 is 0 Å². The first-order chi connectivity index (χ1) is 17.0. The summed E-state index contributed by atoms with van der Waals surface area (Å²) in [6.45, 7) is 3.11. The number of ether oxygens (including phenoxy) is 2. The number of benzene rings is 2. The third-order valence-electron chi connectivity index (χ3n) is 6.75. The van der Waals surface area contributed by atoms with Crippen LogP contribution in [0.4, 0.5) is 4.79 Å². The highest BCUT2D eigenvalue weighted by Crippen LogP contribution is 2.33. The zero-order valence-corrected chi connectivity index (χ0v) is 19.6. The summed E-state index contributed by atoms with van der Waals surface area (Å²) in [6, 6.07) is 14.8. The molecule has 35 heavy (non-hydrogen) atoms. The Labute approximate surface area is 204 Å². The molecule has 1 atom stereocenters. The number of rotatable bonds is 8. The van der Waals surface area contributed by atoms with Crippen molar-refractivity contribution in [2.75, 3.05) is 19.9 Å². The van der Waals surface area contributed by atoms with E-state index in [-0.39, 0.29) is 44.0 Å².